The fraction of sp³-hybridized carbons (Fsp3) is 0.400. The molecule has 0 bridgehead atoms. The molecule has 2 heterocycles. The van der Waals surface area contributed by atoms with Crippen molar-refractivity contribution >= 4 is 11.2 Å². The second-order valence-electron chi connectivity index (χ2n) is 3.24. The van der Waals surface area contributed by atoms with E-state index in [4.69, 9.17) is 0 Å². The molecule has 0 atom stereocenters. The number of imidazole rings is 1. The summed E-state index contributed by atoms with van der Waals surface area (Å²) in [5, 5.41) is 0. The number of rotatable bonds is 1. The van der Waals surface area contributed by atoms with Gasteiger partial charge >= 0.3 is 0 Å². The van der Waals surface area contributed by atoms with E-state index >= 15 is 0 Å². The Morgan fingerprint density at radius 1 is 1.46 bits per heavy atom. The third-order valence-corrected chi connectivity index (χ3v) is 2.37. The van der Waals surface area contributed by atoms with Gasteiger partial charge in [0.2, 0.25) is 0 Å². The summed E-state index contributed by atoms with van der Waals surface area (Å²) in [6.45, 7) is 4.17. The molecule has 2 aromatic heterocycles. The summed E-state index contributed by atoms with van der Waals surface area (Å²) >= 11 is 0. The van der Waals surface area contributed by atoms with E-state index in [1.165, 1.54) is 5.56 Å². The number of hydrogen-bond acceptors (Lipinski definition) is 2. The smallest absolute Gasteiger partial charge is 0.159 e. The molecular formula is C10H13N3. The Balaban J connectivity index is 2.83. The Labute approximate surface area is 77.4 Å². The quantitative estimate of drug-likeness (QED) is 0.662. The number of pyridine rings is 1. The van der Waals surface area contributed by atoms with Crippen LogP contribution in [0, 0.1) is 6.92 Å². The van der Waals surface area contributed by atoms with Crippen LogP contribution >= 0.6 is 0 Å². The molecule has 0 radical (unpaired) electrons. The molecule has 0 aliphatic heterocycles. The Morgan fingerprint density at radius 3 is 2.85 bits per heavy atom. The molecule has 2 rings (SSSR count). The van der Waals surface area contributed by atoms with Crippen molar-refractivity contribution in [3.8, 4) is 0 Å². The highest BCUT2D eigenvalue weighted by atomic mass is 15.1. The molecule has 0 aromatic carbocycles. The van der Waals surface area contributed by atoms with Gasteiger partial charge in [0.05, 0.1) is 0 Å². The molecule has 3 nitrogen and oxygen atoms in total. The van der Waals surface area contributed by atoms with Crippen LogP contribution in [0.25, 0.3) is 11.2 Å². The zero-order valence-electron chi connectivity index (χ0n) is 8.20. The average molecular weight is 175 g/mol. The maximum atomic E-state index is 4.53. The molecule has 0 aliphatic carbocycles. The summed E-state index contributed by atoms with van der Waals surface area (Å²) in [7, 11) is 2.01. The van der Waals surface area contributed by atoms with Crippen molar-refractivity contribution in [2.24, 2.45) is 7.05 Å². The van der Waals surface area contributed by atoms with Gasteiger partial charge in [-0.2, -0.15) is 0 Å². The van der Waals surface area contributed by atoms with Crippen LogP contribution in [0.4, 0.5) is 0 Å². The minimum absolute atomic E-state index is 0.951. The SMILES string of the molecule is CCc1nc2c(C)ccnc2n1C. The van der Waals surface area contributed by atoms with Gasteiger partial charge < -0.3 is 4.57 Å². The summed E-state index contributed by atoms with van der Waals surface area (Å²) in [5.74, 6) is 1.09. The van der Waals surface area contributed by atoms with Crippen molar-refractivity contribution in [1.29, 1.82) is 0 Å². The van der Waals surface area contributed by atoms with Crippen molar-refractivity contribution in [1.82, 2.24) is 14.5 Å². The van der Waals surface area contributed by atoms with E-state index in [1.807, 2.05) is 19.3 Å². The van der Waals surface area contributed by atoms with E-state index in [-0.39, 0.29) is 0 Å². The van der Waals surface area contributed by atoms with Crippen LogP contribution < -0.4 is 0 Å². The minimum Gasteiger partial charge on any atom is -0.316 e. The Hall–Kier alpha value is -1.38. The first kappa shape index (κ1) is 8.23. The lowest BCUT2D eigenvalue weighted by Crippen LogP contribution is -1.95. The van der Waals surface area contributed by atoms with Crippen molar-refractivity contribution < 1.29 is 0 Å². The van der Waals surface area contributed by atoms with Crippen LogP contribution in [0.3, 0.4) is 0 Å². The van der Waals surface area contributed by atoms with Gasteiger partial charge in [-0.3, -0.25) is 0 Å². The van der Waals surface area contributed by atoms with Crippen molar-refractivity contribution in [2.75, 3.05) is 0 Å². The van der Waals surface area contributed by atoms with Gasteiger partial charge in [0.25, 0.3) is 0 Å². The lowest BCUT2D eigenvalue weighted by molar-refractivity contribution is 0.821. The topological polar surface area (TPSA) is 30.7 Å². The fourth-order valence-corrected chi connectivity index (χ4v) is 1.56. The van der Waals surface area contributed by atoms with Crippen LogP contribution in [0.5, 0.6) is 0 Å². The van der Waals surface area contributed by atoms with E-state index < -0.39 is 0 Å². The zero-order chi connectivity index (χ0) is 9.42. The molecule has 2 aromatic rings. The molecule has 0 fully saturated rings. The third-order valence-electron chi connectivity index (χ3n) is 2.37. The summed E-state index contributed by atoms with van der Waals surface area (Å²) in [4.78, 5) is 8.84. The van der Waals surface area contributed by atoms with Crippen LogP contribution in [0.1, 0.15) is 18.3 Å². The predicted octanol–water partition coefficient (Wildman–Crippen LogP) is 1.84. The molecular weight excluding hydrogens is 162 g/mol. The fourth-order valence-electron chi connectivity index (χ4n) is 1.56. The van der Waals surface area contributed by atoms with Crippen LogP contribution in [0.15, 0.2) is 12.3 Å². The van der Waals surface area contributed by atoms with Crippen molar-refractivity contribution in [3.05, 3.63) is 23.7 Å². The largest absolute Gasteiger partial charge is 0.316 e. The molecule has 0 saturated heterocycles. The van der Waals surface area contributed by atoms with Crippen molar-refractivity contribution in [2.45, 2.75) is 20.3 Å². The van der Waals surface area contributed by atoms with Gasteiger partial charge in [0.15, 0.2) is 5.65 Å². The average Bonchev–Trinajstić information content (AvgIpc) is 2.45. The predicted molar refractivity (Wildman–Crippen MR) is 52.6 cm³/mol. The van der Waals surface area contributed by atoms with E-state index in [1.54, 1.807) is 0 Å². The second-order valence-corrected chi connectivity index (χ2v) is 3.24. The van der Waals surface area contributed by atoms with Crippen LogP contribution in [-0.4, -0.2) is 14.5 Å². The summed E-state index contributed by atoms with van der Waals surface area (Å²) in [6, 6.07) is 1.99. The number of fused-ring (bicyclic) bond motifs is 1. The van der Waals surface area contributed by atoms with E-state index in [0.717, 1.165) is 23.4 Å². The maximum Gasteiger partial charge on any atom is 0.159 e. The minimum atomic E-state index is 0.951. The lowest BCUT2D eigenvalue weighted by atomic mass is 10.3. The van der Waals surface area contributed by atoms with E-state index in [0.29, 0.717) is 0 Å². The van der Waals surface area contributed by atoms with Crippen molar-refractivity contribution in [3.63, 3.8) is 0 Å². The van der Waals surface area contributed by atoms with Gasteiger partial charge in [-0.05, 0) is 18.6 Å². The van der Waals surface area contributed by atoms with Crippen LogP contribution in [-0.2, 0) is 13.5 Å². The molecule has 0 spiro atoms. The summed E-state index contributed by atoms with van der Waals surface area (Å²) in [6.07, 6.45) is 2.78. The molecule has 13 heavy (non-hydrogen) atoms. The van der Waals surface area contributed by atoms with Gasteiger partial charge in [-0.1, -0.05) is 6.92 Å². The summed E-state index contributed by atoms with van der Waals surface area (Å²) < 4.78 is 2.06. The van der Waals surface area contributed by atoms with Gasteiger partial charge in [0.1, 0.15) is 11.3 Å². The Bertz CT molecular complexity index is 443. The maximum absolute atomic E-state index is 4.53. The van der Waals surface area contributed by atoms with Gasteiger partial charge in [-0.15, -0.1) is 0 Å². The number of aromatic nitrogens is 3. The number of hydrogen-bond donors (Lipinski definition) is 0. The first-order chi connectivity index (χ1) is 6.24. The lowest BCUT2D eigenvalue weighted by Gasteiger charge is -1.96. The zero-order valence-corrected chi connectivity index (χ0v) is 8.20. The second kappa shape index (κ2) is 2.83. The first-order valence-corrected chi connectivity index (χ1v) is 4.51. The normalized spacial score (nSPS) is 11.0. The number of nitrogens with zero attached hydrogens (tertiary/aromatic N) is 3. The molecule has 0 amide bonds. The highest BCUT2D eigenvalue weighted by Gasteiger charge is 2.07. The standard InChI is InChI=1S/C10H13N3/c1-4-8-12-9-7(2)5-6-11-10(9)13(8)3/h5-6H,4H2,1-3H3. The Morgan fingerprint density at radius 2 is 2.23 bits per heavy atom. The van der Waals surface area contributed by atoms with Crippen LogP contribution in [0.2, 0.25) is 0 Å². The highest BCUT2D eigenvalue weighted by molar-refractivity contribution is 5.75. The molecule has 3 heteroatoms. The Kier molecular flexibility index (Phi) is 1.79. The molecule has 0 aliphatic rings. The monoisotopic (exact) mass is 175 g/mol. The molecule has 68 valence electrons. The van der Waals surface area contributed by atoms with E-state index in [9.17, 15) is 0 Å². The van der Waals surface area contributed by atoms with E-state index in [2.05, 4.69) is 28.4 Å². The molecule has 0 unspecified atom stereocenters. The van der Waals surface area contributed by atoms with Gasteiger partial charge in [-0.25, -0.2) is 9.97 Å². The molecule has 0 N–H and O–H groups in total. The molecule has 0 saturated carbocycles. The first-order valence-electron chi connectivity index (χ1n) is 4.51. The summed E-state index contributed by atoms with van der Waals surface area (Å²) in [5.41, 5.74) is 3.21. The highest BCUT2D eigenvalue weighted by Crippen LogP contribution is 2.15. The number of aryl methyl sites for hydroxylation is 3. The third kappa shape index (κ3) is 1.11. The van der Waals surface area contributed by atoms with Gasteiger partial charge in [0, 0.05) is 19.7 Å².